The number of ketones is 3. The minimum Gasteiger partial charge on any atom is -0.466 e. The van der Waals surface area contributed by atoms with Gasteiger partial charge < -0.3 is 28.4 Å². The molecule has 16 fully saturated rings. The van der Waals surface area contributed by atoms with Crippen LogP contribution in [0.15, 0.2) is 0 Å². The maximum absolute atomic E-state index is 11.6. The summed E-state index contributed by atoms with van der Waals surface area (Å²) in [5.41, 5.74) is 0. The zero-order chi connectivity index (χ0) is 68.0. The van der Waals surface area contributed by atoms with Crippen LogP contribution < -0.4 is 0 Å². The number of ether oxygens (including phenoxy) is 6. The Morgan fingerprint density at radius 2 is 0.753 bits per heavy atom. The molecule has 89 heavy (non-hydrogen) atoms. The molecule has 0 radical (unpaired) electrons. The Hall–Kier alpha value is -3.68. The van der Waals surface area contributed by atoms with E-state index in [0.717, 1.165) is 140 Å². The Kier molecular flexibility index (Phi) is 59.7. The average molecular weight is 1270 g/mol. The summed E-state index contributed by atoms with van der Waals surface area (Å²) in [6.45, 7) is 39.9. The summed E-state index contributed by atoms with van der Waals surface area (Å²) >= 11 is 0. The Morgan fingerprint density at radius 1 is 0.315 bits per heavy atom. The zero-order valence-electron chi connectivity index (χ0n) is 60.8. The van der Waals surface area contributed by atoms with Gasteiger partial charge in [-0.15, -0.1) is 0 Å². The molecule has 0 aromatic heterocycles. The number of carbonyl (C=O) groups is 8. The molecule has 6 saturated heterocycles. The van der Waals surface area contributed by atoms with Crippen LogP contribution >= 0.6 is 0 Å². The van der Waals surface area contributed by atoms with Crippen molar-refractivity contribution in [3.63, 3.8) is 0 Å². The van der Waals surface area contributed by atoms with Crippen LogP contribution in [0.1, 0.15) is 330 Å². The van der Waals surface area contributed by atoms with Crippen molar-refractivity contribution in [1.82, 2.24) is 0 Å². The molecule has 16 rings (SSSR count). The summed E-state index contributed by atoms with van der Waals surface area (Å²) in [6, 6.07) is 0. The molecule has 8 atom stereocenters. The lowest BCUT2D eigenvalue weighted by Crippen LogP contribution is -2.45. The van der Waals surface area contributed by atoms with Crippen LogP contribution in [0.3, 0.4) is 0 Å². The SMILES string of the molecule is C1CCOC1.CC.CC.CC.CC.CC.CC.CC.CC.CC.O=C1C2CC3CC(C2)CC1C3.O=C1CC2CCC1C2.O=C1CCCCC1.O=C1CCCCCO1.O=C1CCCCO1.O=C1CCCO1.O=C1OC2CC3CC1C2C3.O=C1OC2CCCC1C2. The van der Waals surface area contributed by atoms with Gasteiger partial charge in [-0.1, -0.05) is 131 Å². The summed E-state index contributed by atoms with van der Waals surface area (Å²) in [4.78, 5) is 85.5. The first kappa shape index (κ1) is 89.5. The lowest BCUT2D eigenvalue weighted by molar-refractivity contribution is -0.147. The number of hydrogen-bond acceptors (Lipinski definition) is 14. The average Bonchev–Trinajstić information content (AvgIpc) is 1.76. The van der Waals surface area contributed by atoms with E-state index in [9.17, 15) is 38.4 Å². The van der Waals surface area contributed by atoms with Gasteiger partial charge in [-0.25, -0.2) is 0 Å². The molecule has 524 valence electrons. The molecule has 10 saturated carbocycles. The third kappa shape index (κ3) is 37.0. The van der Waals surface area contributed by atoms with E-state index in [1.54, 1.807) is 0 Å². The molecule has 6 heterocycles. The van der Waals surface area contributed by atoms with E-state index in [4.69, 9.17) is 18.9 Å². The van der Waals surface area contributed by atoms with Gasteiger partial charge in [0.2, 0.25) is 0 Å². The fourth-order valence-electron chi connectivity index (χ4n) is 13.7. The van der Waals surface area contributed by atoms with E-state index in [0.29, 0.717) is 92.1 Å². The maximum atomic E-state index is 11.6. The third-order valence-electron chi connectivity index (χ3n) is 17.3. The number of fused-ring (bicyclic) bond motifs is 5. The van der Waals surface area contributed by atoms with Gasteiger partial charge in [0.25, 0.3) is 0 Å². The van der Waals surface area contributed by atoms with Gasteiger partial charge in [-0.05, 0) is 184 Å². The van der Waals surface area contributed by atoms with Crippen LogP contribution in [0.4, 0.5) is 0 Å². The minimum atomic E-state index is -0.0463. The van der Waals surface area contributed by atoms with Gasteiger partial charge in [-0.3, -0.25) is 38.4 Å². The zero-order valence-corrected chi connectivity index (χ0v) is 60.8. The topological polar surface area (TPSA) is 192 Å². The highest BCUT2D eigenvalue weighted by Crippen LogP contribution is 2.54. The van der Waals surface area contributed by atoms with Crippen molar-refractivity contribution < 1.29 is 66.8 Å². The van der Waals surface area contributed by atoms with E-state index in [1.807, 2.05) is 125 Å². The quantitative estimate of drug-likeness (QED) is 0.164. The van der Waals surface area contributed by atoms with E-state index >= 15 is 0 Å². The first-order chi connectivity index (χ1) is 43.5. The Bertz CT molecular complexity index is 1700. The van der Waals surface area contributed by atoms with Crippen LogP contribution in [0, 0.1) is 59.2 Å². The first-order valence-corrected chi connectivity index (χ1v) is 37.5. The molecule has 0 aromatic carbocycles. The second kappa shape index (κ2) is 59.3. The van der Waals surface area contributed by atoms with Crippen LogP contribution in [0.2, 0.25) is 0 Å². The normalized spacial score (nSPS) is 29.7. The number of rotatable bonds is 0. The second-order valence-corrected chi connectivity index (χ2v) is 22.9. The van der Waals surface area contributed by atoms with Crippen molar-refractivity contribution in [2.45, 2.75) is 342 Å². The molecule has 10 aliphatic carbocycles. The highest BCUT2D eigenvalue weighted by Gasteiger charge is 2.56. The van der Waals surface area contributed by atoms with Gasteiger partial charge in [0.1, 0.15) is 29.6 Å². The maximum Gasteiger partial charge on any atom is 0.309 e. The molecule has 0 amide bonds. The summed E-state index contributed by atoms with van der Waals surface area (Å²) in [5.74, 6) is 7.88. The highest BCUT2D eigenvalue weighted by molar-refractivity contribution is 5.85. The molecular weight excluding hydrogens is 1120 g/mol. The molecule has 14 heteroatoms. The smallest absolute Gasteiger partial charge is 0.309 e. The molecule has 6 aliphatic heterocycles. The summed E-state index contributed by atoms with van der Waals surface area (Å²) in [5, 5.41) is 0. The Morgan fingerprint density at radius 3 is 1.10 bits per heavy atom. The molecule has 8 unspecified atom stereocenters. The van der Waals surface area contributed by atoms with Crippen LogP contribution in [-0.2, 0) is 66.8 Å². The van der Waals surface area contributed by atoms with Crippen molar-refractivity contribution in [2.24, 2.45) is 59.2 Å². The van der Waals surface area contributed by atoms with E-state index in [1.165, 1.54) is 83.5 Å². The number of hydrogen-bond donors (Lipinski definition) is 0. The number of Topliss-reactive ketones (excluding diaryl/α,β-unsaturated/α-hetero) is 3. The summed E-state index contributed by atoms with van der Waals surface area (Å²) in [6.07, 6.45) is 35.4. The molecule has 10 bridgehead atoms. The largest absolute Gasteiger partial charge is 0.466 e. The van der Waals surface area contributed by atoms with Gasteiger partial charge in [0, 0.05) is 75.4 Å². The lowest BCUT2D eigenvalue weighted by Gasteiger charge is -2.48. The predicted octanol–water partition coefficient (Wildman–Crippen LogP) is 19.1. The summed E-state index contributed by atoms with van der Waals surface area (Å²) in [7, 11) is 0. The predicted molar refractivity (Wildman–Crippen MR) is 363 cm³/mol. The fraction of sp³-hybridized carbons (Fsp3) is 0.893. The van der Waals surface area contributed by atoms with Gasteiger partial charge in [0.15, 0.2) is 0 Å². The number of esters is 5. The molecular formula is C75H140O14. The second-order valence-electron chi connectivity index (χ2n) is 22.9. The number of carbonyl (C=O) groups excluding carboxylic acids is 8. The van der Waals surface area contributed by atoms with Crippen LogP contribution in [0.25, 0.3) is 0 Å². The fourth-order valence-corrected chi connectivity index (χ4v) is 13.7. The van der Waals surface area contributed by atoms with Crippen molar-refractivity contribution in [1.29, 1.82) is 0 Å². The lowest BCUT2D eigenvalue weighted by atomic mass is 9.56. The van der Waals surface area contributed by atoms with E-state index in [-0.39, 0.29) is 41.9 Å². The third-order valence-corrected chi connectivity index (χ3v) is 17.3. The van der Waals surface area contributed by atoms with Crippen molar-refractivity contribution in [3.8, 4) is 0 Å². The Balaban J connectivity index is -0.000000911. The van der Waals surface area contributed by atoms with Crippen molar-refractivity contribution in [2.75, 3.05) is 33.0 Å². The van der Waals surface area contributed by atoms with Gasteiger partial charge in [0.05, 0.1) is 31.7 Å². The number of cyclic esters (lactones) is 3. The summed E-state index contributed by atoms with van der Waals surface area (Å²) < 4.78 is 29.1. The van der Waals surface area contributed by atoms with E-state index < -0.39 is 0 Å². The molecule has 0 aromatic rings. The monoisotopic (exact) mass is 1270 g/mol. The Labute approximate surface area is 546 Å². The van der Waals surface area contributed by atoms with Crippen LogP contribution in [-0.4, -0.2) is 92.4 Å². The van der Waals surface area contributed by atoms with Crippen LogP contribution in [0.5, 0.6) is 0 Å². The van der Waals surface area contributed by atoms with Crippen molar-refractivity contribution >= 4 is 47.2 Å². The van der Waals surface area contributed by atoms with E-state index in [2.05, 4.69) is 9.47 Å². The molecule has 14 nitrogen and oxygen atoms in total. The first-order valence-electron chi connectivity index (χ1n) is 37.5. The van der Waals surface area contributed by atoms with Crippen molar-refractivity contribution in [3.05, 3.63) is 0 Å². The van der Waals surface area contributed by atoms with Gasteiger partial charge in [-0.2, -0.15) is 0 Å². The molecule has 16 aliphatic rings. The molecule has 0 spiro atoms. The highest BCUT2D eigenvalue weighted by atomic mass is 16.6. The standard InChI is InChI=1S/C10H14O.C8H10O2.C7H10O2.C7H10O.C6H10O2.C6H10O.C5H8O2.C4H6O2.C4H8O.9C2H6/c11-10-8-2-6-1-7(4-8)5-9(10)3-6;9-8-6-2-4-1-5(6)7(3-4)10-8;8-7-5-2-1-3-6(4-5)9-7;8-7-4-5-1-2-6(7)3-5;7-6-4-2-1-3-5-8-6;7-6-4-2-1-3-5-6;6-5-3-1-2-4-7-5;5-4-2-1-3-6-4;1-2-4-5-3-1;9*1-2/h6-9H,1-5H2;4-7H,1-3H2;5-6H,1-4H2;5-6H,1-4H2;1-5H2;1-5H2;1-4H2;1-3H2;1-4H2;9*1-2H3. The molecule has 0 N–H and O–H groups in total. The van der Waals surface area contributed by atoms with Gasteiger partial charge >= 0.3 is 29.8 Å². The minimum absolute atomic E-state index is 0.0255.